The van der Waals surface area contributed by atoms with Gasteiger partial charge in [0.2, 0.25) is 0 Å². The van der Waals surface area contributed by atoms with Crippen molar-refractivity contribution in [1.82, 2.24) is 29.2 Å². The maximum Gasteiger partial charge on any atom is 0.154 e. The molecule has 1 aliphatic rings. The fourth-order valence-electron chi connectivity index (χ4n) is 4.17. The molecule has 0 radical (unpaired) electrons. The topological polar surface area (TPSA) is 101 Å². The molecule has 2 atom stereocenters. The summed E-state index contributed by atoms with van der Waals surface area (Å²) in [6.45, 7) is 1.99. The van der Waals surface area contributed by atoms with E-state index in [1.54, 1.807) is 24.3 Å². The molecule has 5 aromatic rings. The summed E-state index contributed by atoms with van der Waals surface area (Å²) >= 11 is 12.3. The first-order valence-electron chi connectivity index (χ1n) is 10.8. The van der Waals surface area contributed by atoms with Gasteiger partial charge in [-0.15, -0.1) is 0 Å². The number of halogens is 2. The lowest BCUT2D eigenvalue weighted by Crippen LogP contribution is -2.18. The van der Waals surface area contributed by atoms with Crippen molar-refractivity contribution in [1.29, 1.82) is 0 Å². The van der Waals surface area contributed by atoms with Gasteiger partial charge in [0.05, 0.1) is 11.4 Å². The molecule has 1 aliphatic carbocycles. The van der Waals surface area contributed by atoms with Gasteiger partial charge in [-0.1, -0.05) is 71.3 Å². The minimum Gasteiger partial charge on any atom is -0.384 e. The van der Waals surface area contributed by atoms with Crippen LogP contribution in [0.5, 0.6) is 0 Å². The van der Waals surface area contributed by atoms with E-state index < -0.39 is 12.2 Å². The van der Waals surface area contributed by atoms with Gasteiger partial charge in [-0.05, 0) is 31.2 Å². The van der Waals surface area contributed by atoms with Gasteiger partial charge in [0.15, 0.2) is 11.3 Å². The van der Waals surface area contributed by atoms with Crippen LogP contribution >= 0.6 is 23.2 Å². The lowest BCUT2D eigenvalue weighted by Gasteiger charge is -2.20. The molecule has 2 N–H and O–H groups in total. The van der Waals surface area contributed by atoms with E-state index in [-0.39, 0.29) is 10.3 Å². The highest BCUT2D eigenvalue weighted by Crippen LogP contribution is 2.39. The molecule has 0 spiro atoms. The number of imidazole rings is 2. The number of hydrogen-bond acceptors (Lipinski definition) is 6. The SMILES string of the molecule is Cc1ccc(-c2nc3ccc(Cl)nn3c2C(O)C(O)c2c(C3=CC=C3)nc3ccc(Cl)nn23)cc1. The normalized spacial score (nSPS) is 14.8. The fourth-order valence-corrected chi connectivity index (χ4v) is 4.45. The fraction of sp³-hybridized carbons (Fsp3) is 0.120. The van der Waals surface area contributed by atoms with Crippen molar-refractivity contribution in [3.8, 4) is 11.3 Å². The maximum absolute atomic E-state index is 11.6. The highest BCUT2D eigenvalue weighted by molar-refractivity contribution is 6.29. The molecule has 10 heteroatoms. The summed E-state index contributed by atoms with van der Waals surface area (Å²) < 4.78 is 2.91. The lowest BCUT2D eigenvalue weighted by atomic mass is 9.97. The first kappa shape index (κ1) is 21.9. The first-order valence-corrected chi connectivity index (χ1v) is 11.6. The molecule has 6 rings (SSSR count). The Labute approximate surface area is 209 Å². The van der Waals surface area contributed by atoms with Gasteiger partial charge in [-0.3, -0.25) is 0 Å². The van der Waals surface area contributed by atoms with Crippen LogP contribution in [0.1, 0.15) is 34.9 Å². The summed E-state index contributed by atoms with van der Waals surface area (Å²) in [7, 11) is 0. The number of aromatic nitrogens is 6. The smallest absolute Gasteiger partial charge is 0.154 e. The molecule has 0 fully saturated rings. The van der Waals surface area contributed by atoms with Crippen molar-refractivity contribution in [2.24, 2.45) is 0 Å². The zero-order valence-corrected chi connectivity index (χ0v) is 19.9. The number of nitrogens with zero attached hydrogens (tertiary/aromatic N) is 6. The second-order valence-electron chi connectivity index (χ2n) is 8.28. The predicted octanol–water partition coefficient (Wildman–Crippen LogP) is 4.77. The summed E-state index contributed by atoms with van der Waals surface area (Å²) in [6.07, 6.45) is 2.73. The third-order valence-electron chi connectivity index (χ3n) is 5.97. The maximum atomic E-state index is 11.6. The summed E-state index contributed by atoms with van der Waals surface area (Å²) in [5.74, 6) is 0. The average molecular weight is 505 g/mol. The van der Waals surface area contributed by atoms with E-state index in [1.165, 1.54) is 9.03 Å². The van der Waals surface area contributed by atoms with Crippen molar-refractivity contribution in [3.63, 3.8) is 0 Å². The Bertz CT molecular complexity index is 1670. The van der Waals surface area contributed by atoms with Gasteiger partial charge in [-0.2, -0.15) is 10.2 Å². The molecule has 0 saturated carbocycles. The van der Waals surface area contributed by atoms with Crippen molar-refractivity contribution >= 4 is 40.1 Å². The molecule has 174 valence electrons. The average Bonchev–Trinajstić information content (AvgIpc) is 3.35. The molecule has 4 aromatic heterocycles. The van der Waals surface area contributed by atoms with Crippen LogP contribution in [0, 0.1) is 6.92 Å². The molecular weight excluding hydrogens is 487 g/mol. The van der Waals surface area contributed by atoms with Gasteiger partial charge in [0.25, 0.3) is 0 Å². The van der Waals surface area contributed by atoms with Crippen LogP contribution in [-0.4, -0.2) is 39.4 Å². The van der Waals surface area contributed by atoms with E-state index in [2.05, 4.69) is 20.2 Å². The molecule has 1 aromatic carbocycles. The molecule has 8 nitrogen and oxygen atoms in total. The number of hydrogen-bond donors (Lipinski definition) is 2. The second kappa shape index (κ2) is 8.28. The Morgan fingerprint density at radius 2 is 1.26 bits per heavy atom. The number of aliphatic hydroxyl groups excluding tert-OH is 2. The van der Waals surface area contributed by atoms with Gasteiger partial charge >= 0.3 is 0 Å². The van der Waals surface area contributed by atoms with E-state index in [9.17, 15) is 10.2 Å². The van der Waals surface area contributed by atoms with Crippen LogP contribution in [-0.2, 0) is 0 Å². The van der Waals surface area contributed by atoms with Crippen LogP contribution in [0.25, 0.3) is 28.1 Å². The standard InChI is InChI=1S/C25H18Cl2N6O2/c1-13-5-7-15(8-6-13)21-23(33-19(29-21)12-10-17(27)31-33)25(35)24(34)22-20(14-3-2-4-14)28-18-11-9-16(26)30-32(18)22/h2-12,24-25,34-35H,1H3. The predicted molar refractivity (Wildman–Crippen MR) is 133 cm³/mol. The highest BCUT2D eigenvalue weighted by Gasteiger charge is 2.34. The molecule has 4 heterocycles. The highest BCUT2D eigenvalue weighted by atomic mass is 35.5. The number of rotatable bonds is 5. The summed E-state index contributed by atoms with van der Waals surface area (Å²) in [5, 5.41) is 32.3. The Kier molecular flexibility index (Phi) is 5.19. The Balaban J connectivity index is 1.56. The van der Waals surface area contributed by atoms with E-state index in [0.29, 0.717) is 34.1 Å². The zero-order chi connectivity index (χ0) is 24.3. The molecule has 0 amide bonds. The Morgan fingerprint density at radius 1 is 0.743 bits per heavy atom. The lowest BCUT2D eigenvalue weighted by molar-refractivity contribution is 0.0101. The third kappa shape index (κ3) is 3.62. The van der Waals surface area contributed by atoms with Crippen molar-refractivity contribution in [3.05, 3.63) is 99.7 Å². The quantitative estimate of drug-likeness (QED) is 0.357. The van der Waals surface area contributed by atoms with Crippen LogP contribution in [0.4, 0.5) is 0 Å². The van der Waals surface area contributed by atoms with Crippen LogP contribution in [0.15, 0.2) is 66.8 Å². The third-order valence-corrected chi connectivity index (χ3v) is 6.37. The molecule has 0 aliphatic heterocycles. The largest absolute Gasteiger partial charge is 0.384 e. The van der Waals surface area contributed by atoms with Crippen LogP contribution < -0.4 is 0 Å². The number of aliphatic hydroxyl groups is 2. The van der Waals surface area contributed by atoms with E-state index in [4.69, 9.17) is 23.2 Å². The van der Waals surface area contributed by atoms with Crippen LogP contribution in [0.3, 0.4) is 0 Å². The number of allylic oxidation sites excluding steroid dienone is 4. The second-order valence-corrected chi connectivity index (χ2v) is 9.05. The summed E-state index contributed by atoms with van der Waals surface area (Å²) in [4.78, 5) is 9.31. The monoisotopic (exact) mass is 504 g/mol. The molecule has 35 heavy (non-hydrogen) atoms. The first-order chi connectivity index (χ1) is 16.9. The van der Waals surface area contributed by atoms with E-state index >= 15 is 0 Å². The minimum atomic E-state index is -1.45. The number of benzene rings is 1. The molecule has 2 unspecified atom stereocenters. The molecular formula is C25H18Cl2N6O2. The van der Waals surface area contributed by atoms with Gasteiger partial charge in [-0.25, -0.2) is 19.0 Å². The Morgan fingerprint density at radius 3 is 1.77 bits per heavy atom. The summed E-state index contributed by atoms with van der Waals surface area (Å²) in [5.41, 5.74) is 5.22. The summed E-state index contributed by atoms with van der Waals surface area (Å²) in [6, 6.07) is 14.4. The zero-order valence-electron chi connectivity index (χ0n) is 18.3. The minimum absolute atomic E-state index is 0.224. The van der Waals surface area contributed by atoms with Crippen molar-refractivity contribution < 1.29 is 10.2 Å². The van der Waals surface area contributed by atoms with Crippen molar-refractivity contribution in [2.45, 2.75) is 19.1 Å². The molecule has 0 saturated heterocycles. The van der Waals surface area contributed by atoms with Crippen LogP contribution in [0.2, 0.25) is 10.3 Å². The van der Waals surface area contributed by atoms with E-state index in [1.807, 2.05) is 49.4 Å². The van der Waals surface area contributed by atoms with Gasteiger partial charge < -0.3 is 10.2 Å². The number of aryl methyl sites for hydroxylation is 1. The Hall–Kier alpha value is -3.56. The number of fused-ring (bicyclic) bond motifs is 2. The molecule has 0 bridgehead atoms. The van der Waals surface area contributed by atoms with E-state index in [0.717, 1.165) is 16.7 Å². The van der Waals surface area contributed by atoms with Gasteiger partial charge in [0, 0.05) is 11.1 Å². The van der Waals surface area contributed by atoms with Crippen molar-refractivity contribution in [2.75, 3.05) is 0 Å². The van der Waals surface area contributed by atoms with Gasteiger partial charge in [0.1, 0.15) is 33.9 Å².